The Morgan fingerprint density at radius 1 is 1.14 bits per heavy atom. The van der Waals surface area contributed by atoms with Crippen LogP contribution in [0.4, 0.5) is 4.79 Å². The first-order valence-electron chi connectivity index (χ1n) is 8.22. The Morgan fingerprint density at radius 3 is 2.19 bits per heavy atom. The molecular weight excluding hydrogens is 268 g/mol. The highest BCUT2D eigenvalue weighted by Crippen LogP contribution is 2.38. The lowest BCUT2D eigenvalue weighted by Gasteiger charge is -2.42. The van der Waals surface area contributed by atoms with E-state index in [0.29, 0.717) is 12.0 Å². The molecule has 2 atom stereocenters. The highest BCUT2D eigenvalue weighted by molar-refractivity contribution is 5.83. The molecule has 5 heteroatoms. The van der Waals surface area contributed by atoms with Crippen LogP contribution in [0.25, 0.3) is 0 Å². The van der Waals surface area contributed by atoms with Gasteiger partial charge < -0.3 is 14.9 Å². The van der Waals surface area contributed by atoms with Gasteiger partial charge in [0.2, 0.25) is 0 Å². The van der Waals surface area contributed by atoms with Crippen molar-refractivity contribution in [3.8, 4) is 0 Å². The van der Waals surface area contributed by atoms with Gasteiger partial charge in [0.25, 0.3) is 0 Å². The van der Waals surface area contributed by atoms with Crippen LogP contribution in [0.1, 0.15) is 52.9 Å². The number of carbonyl (C=O) groups excluding carboxylic acids is 1. The molecule has 0 saturated carbocycles. The molecule has 2 fully saturated rings. The van der Waals surface area contributed by atoms with Crippen molar-refractivity contribution in [3.63, 3.8) is 0 Å². The van der Waals surface area contributed by atoms with Crippen LogP contribution in [0.2, 0.25) is 0 Å². The van der Waals surface area contributed by atoms with Crippen molar-refractivity contribution in [2.45, 2.75) is 58.9 Å². The first kappa shape index (κ1) is 16.1. The van der Waals surface area contributed by atoms with Crippen molar-refractivity contribution in [3.05, 3.63) is 0 Å². The second kappa shape index (κ2) is 6.24. The molecule has 2 heterocycles. The molecule has 0 aromatic rings. The van der Waals surface area contributed by atoms with Gasteiger partial charge in [0, 0.05) is 19.6 Å². The largest absolute Gasteiger partial charge is 0.480 e. The molecule has 21 heavy (non-hydrogen) atoms. The number of hydrogen-bond acceptors (Lipinski definition) is 2. The minimum atomic E-state index is -0.873. The Morgan fingerprint density at radius 2 is 1.71 bits per heavy atom. The molecule has 0 aromatic carbocycles. The number of likely N-dealkylation sites (tertiary alicyclic amines) is 2. The summed E-state index contributed by atoms with van der Waals surface area (Å²) in [7, 11) is 0. The third kappa shape index (κ3) is 3.01. The number of nitrogens with zero attached hydrogens (tertiary/aromatic N) is 2. The molecule has 2 aliphatic rings. The van der Waals surface area contributed by atoms with Gasteiger partial charge in [-0.05, 0) is 30.6 Å². The van der Waals surface area contributed by atoms with Crippen molar-refractivity contribution in [1.82, 2.24) is 9.80 Å². The average molecular weight is 296 g/mol. The van der Waals surface area contributed by atoms with Crippen LogP contribution in [0.15, 0.2) is 0 Å². The summed E-state index contributed by atoms with van der Waals surface area (Å²) in [4.78, 5) is 27.5. The van der Waals surface area contributed by atoms with Crippen LogP contribution in [-0.4, -0.2) is 52.6 Å². The van der Waals surface area contributed by atoms with Crippen LogP contribution in [-0.2, 0) is 4.79 Å². The lowest BCUT2D eigenvalue weighted by Crippen LogP contribution is -2.52. The maximum atomic E-state index is 12.6. The third-order valence-corrected chi connectivity index (χ3v) is 5.79. The maximum Gasteiger partial charge on any atom is 0.326 e. The predicted molar refractivity (Wildman–Crippen MR) is 81.1 cm³/mol. The van der Waals surface area contributed by atoms with Crippen molar-refractivity contribution in [2.24, 2.45) is 11.3 Å². The number of rotatable bonds is 3. The first-order chi connectivity index (χ1) is 9.94. The van der Waals surface area contributed by atoms with E-state index in [-0.39, 0.29) is 11.9 Å². The van der Waals surface area contributed by atoms with E-state index in [1.165, 1.54) is 0 Å². The van der Waals surface area contributed by atoms with Gasteiger partial charge >= 0.3 is 12.0 Å². The van der Waals surface area contributed by atoms with Crippen molar-refractivity contribution in [2.75, 3.05) is 19.6 Å². The molecule has 2 rings (SSSR count). The van der Waals surface area contributed by atoms with Gasteiger partial charge in [-0.2, -0.15) is 0 Å². The number of carboxylic acid groups (broad SMARTS) is 1. The van der Waals surface area contributed by atoms with Crippen LogP contribution in [0.5, 0.6) is 0 Å². The normalized spacial score (nSPS) is 28.7. The first-order valence-corrected chi connectivity index (χ1v) is 8.22. The number of urea groups is 1. The fraction of sp³-hybridized carbons (Fsp3) is 0.875. The molecule has 1 N–H and O–H groups in total. The van der Waals surface area contributed by atoms with Gasteiger partial charge in [0.15, 0.2) is 0 Å². The fourth-order valence-corrected chi connectivity index (χ4v) is 3.85. The topological polar surface area (TPSA) is 60.9 Å². The molecular formula is C16H28N2O3. The summed E-state index contributed by atoms with van der Waals surface area (Å²) in [6, 6.07) is -0.728. The van der Waals surface area contributed by atoms with Gasteiger partial charge in [-0.25, -0.2) is 9.59 Å². The highest BCUT2D eigenvalue weighted by Gasteiger charge is 2.42. The molecule has 5 nitrogen and oxygen atoms in total. The fourth-order valence-electron chi connectivity index (χ4n) is 3.85. The zero-order chi connectivity index (χ0) is 15.6. The maximum absolute atomic E-state index is 12.6. The average Bonchev–Trinajstić information content (AvgIpc) is 2.88. The van der Waals surface area contributed by atoms with E-state index < -0.39 is 12.0 Å². The number of carbonyl (C=O) groups is 2. The van der Waals surface area contributed by atoms with Gasteiger partial charge in [-0.1, -0.05) is 33.6 Å². The van der Waals surface area contributed by atoms with E-state index in [0.717, 1.165) is 45.2 Å². The van der Waals surface area contributed by atoms with Crippen LogP contribution >= 0.6 is 0 Å². The Labute approximate surface area is 127 Å². The molecule has 0 aliphatic carbocycles. The number of amides is 2. The summed E-state index contributed by atoms with van der Waals surface area (Å²) < 4.78 is 0. The van der Waals surface area contributed by atoms with E-state index in [2.05, 4.69) is 13.8 Å². The summed E-state index contributed by atoms with van der Waals surface area (Å²) in [5.41, 5.74) is 0.376. The SMILES string of the molecule is CCC1(CC)CCN(C(=O)N2CCC(C)C2C(=O)O)CC1. The monoisotopic (exact) mass is 296 g/mol. The van der Waals surface area contributed by atoms with Crippen molar-refractivity contribution < 1.29 is 14.7 Å². The molecule has 2 aliphatic heterocycles. The smallest absolute Gasteiger partial charge is 0.326 e. The molecule has 120 valence electrons. The second-order valence-corrected chi connectivity index (χ2v) is 6.72. The minimum absolute atomic E-state index is 0.0432. The molecule has 0 radical (unpaired) electrons. The van der Waals surface area contributed by atoms with Crippen LogP contribution < -0.4 is 0 Å². The number of aliphatic carboxylic acids is 1. The molecule has 2 saturated heterocycles. The van der Waals surface area contributed by atoms with Crippen LogP contribution in [0.3, 0.4) is 0 Å². The summed E-state index contributed by atoms with van der Waals surface area (Å²) in [5, 5.41) is 9.35. The minimum Gasteiger partial charge on any atom is -0.480 e. The van der Waals surface area contributed by atoms with E-state index in [4.69, 9.17) is 0 Å². The van der Waals surface area contributed by atoms with Gasteiger partial charge in [0.1, 0.15) is 6.04 Å². The standard InChI is InChI=1S/C16H28N2O3/c1-4-16(5-2)7-10-17(11-8-16)15(21)18-9-6-12(3)13(18)14(19)20/h12-13H,4-11H2,1-3H3,(H,19,20). The van der Waals surface area contributed by atoms with E-state index in [1.807, 2.05) is 11.8 Å². The van der Waals surface area contributed by atoms with E-state index in [9.17, 15) is 14.7 Å². The number of piperidine rings is 1. The molecule has 2 amide bonds. The zero-order valence-corrected chi connectivity index (χ0v) is 13.5. The highest BCUT2D eigenvalue weighted by atomic mass is 16.4. The summed E-state index contributed by atoms with van der Waals surface area (Å²) in [5.74, 6) is -0.830. The van der Waals surface area contributed by atoms with Crippen molar-refractivity contribution >= 4 is 12.0 Å². The number of hydrogen-bond donors (Lipinski definition) is 1. The Kier molecular flexibility index (Phi) is 4.79. The van der Waals surface area contributed by atoms with Gasteiger partial charge in [0.05, 0.1) is 0 Å². The predicted octanol–water partition coefficient (Wildman–Crippen LogP) is 2.80. The third-order valence-electron chi connectivity index (χ3n) is 5.79. The summed E-state index contributed by atoms with van der Waals surface area (Å²) in [6.07, 6.45) is 5.16. The number of carboxylic acids is 1. The Hall–Kier alpha value is -1.26. The van der Waals surface area contributed by atoms with Gasteiger partial charge in [-0.3, -0.25) is 0 Å². The summed E-state index contributed by atoms with van der Waals surface area (Å²) >= 11 is 0. The molecule has 0 aromatic heterocycles. The molecule has 0 bridgehead atoms. The van der Waals surface area contributed by atoms with E-state index >= 15 is 0 Å². The quantitative estimate of drug-likeness (QED) is 0.871. The summed E-state index contributed by atoms with van der Waals surface area (Å²) in [6.45, 7) is 8.46. The van der Waals surface area contributed by atoms with Gasteiger partial charge in [-0.15, -0.1) is 0 Å². The lowest BCUT2D eigenvalue weighted by molar-refractivity contribution is -0.142. The lowest BCUT2D eigenvalue weighted by atomic mass is 9.74. The van der Waals surface area contributed by atoms with Crippen molar-refractivity contribution in [1.29, 1.82) is 0 Å². The Bertz CT molecular complexity index is 396. The second-order valence-electron chi connectivity index (χ2n) is 6.72. The van der Waals surface area contributed by atoms with Crippen LogP contribution in [0, 0.1) is 11.3 Å². The molecule has 0 spiro atoms. The molecule has 2 unspecified atom stereocenters. The zero-order valence-electron chi connectivity index (χ0n) is 13.5. The Balaban J connectivity index is 2.00. The van der Waals surface area contributed by atoms with E-state index in [1.54, 1.807) is 4.90 Å².